The lowest BCUT2D eigenvalue weighted by molar-refractivity contribution is -0.134. The van der Waals surface area contributed by atoms with E-state index in [-0.39, 0.29) is 31.2 Å². The van der Waals surface area contributed by atoms with Crippen molar-refractivity contribution in [2.45, 2.75) is 49.9 Å². The van der Waals surface area contributed by atoms with Crippen molar-refractivity contribution in [2.24, 2.45) is 4.99 Å². The Balaban J connectivity index is 1.61. The van der Waals surface area contributed by atoms with Gasteiger partial charge >= 0.3 is 5.69 Å². The van der Waals surface area contributed by atoms with Crippen LogP contribution in [-0.4, -0.2) is 69.0 Å². The third kappa shape index (κ3) is 3.38. The molecular weight excluding hydrogens is 399 g/mol. The van der Waals surface area contributed by atoms with Gasteiger partial charge in [0.25, 0.3) is 0 Å². The summed E-state index contributed by atoms with van der Waals surface area (Å²) in [5.41, 5.74) is -2.59. The quantitative estimate of drug-likeness (QED) is 0.745. The van der Waals surface area contributed by atoms with Crippen molar-refractivity contribution >= 4 is 23.7 Å². The molecule has 0 bridgehead atoms. The number of amides is 1. The number of fused-ring (bicyclic) bond motifs is 1. The second-order valence-electron chi connectivity index (χ2n) is 7.44. The summed E-state index contributed by atoms with van der Waals surface area (Å²) in [6.45, 7) is -1.24. The Bertz CT molecular complexity index is 903. The van der Waals surface area contributed by atoms with E-state index in [1.165, 1.54) is 16.9 Å². The Morgan fingerprint density at radius 1 is 1.32 bits per heavy atom. The molecule has 0 spiro atoms. The number of nitrogens with zero attached hydrogens (tertiary/aromatic N) is 5. The van der Waals surface area contributed by atoms with Crippen molar-refractivity contribution in [1.29, 1.82) is 0 Å². The van der Waals surface area contributed by atoms with Gasteiger partial charge in [0.15, 0.2) is 18.0 Å². The van der Waals surface area contributed by atoms with Crippen LogP contribution in [0, 0.1) is 0 Å². The molecule has 1 saturated heterocycles. The fourth-order valence-electron chi connectivity index (χ4n) is 3.94. The third-order valence-electron chi connectivity index (χ3n) is 5.29. The van der Waals surface area contributed by atoms with Gasteiger partial charge in [-0.2, -0.15) is 5.10 Å². The molecule has 0 aliphatic carbocycles. The summed E-state index contributed by atoms with van der Waals surface area (Å²) in [6.07, 6.45) is 0.484. The predicted octanol–water partition coefficient (Wildman–Crippen LogP) is 1.36. The number of halogens is 4. The Labute approximate surface area is 163 Å². The van der Waals surface area contributed by atoms with E-state index in [1.54, 1.807) is 0 Å². The lowest BCUT2D eigenvalue weighted by Crippen LogP contribution is -2.43. The average molecular weight is 418 g/mol. The Morgan fingerprint density at radius 2 is 2.04 bits per heavy atom. The van der Waals surface area contributed by atoms with Crippen LogP contribution in [0.4, 0.5) is 13.2 Å². The SMILES string of the molecule is O=C([C@@H]1CCCc2nn(CC3(F)C=C(Cl)C=NC3)c(=O)n21)N1C[C@H](F)[C@@H](F)C1. The number of allylic oxidation sites excluding steroid dienone is 1. The van der Waals surface area contributed by atoms with Crippen LogP contribution in [0.1, 0.15) is 24.7 Å². The Kier molecular flexibility index (Phi) is 4.84. The molecule has 7 nitrogen and oxygen atoms in total. The fourth-order valence-corrected chi connectivity index (χ4v) is 4.21. The van der Waals surface area contributed by atoms with Crippen molar-refractivity contribution in [2.75, 3.05) is 19.6 Å². The molecule has 1 unspecified atom stereocenters. The lowest BCUT2D eigenvalue weighted by Gasteiger charge is -2.26. The molecule has 28 heavy (non-hydrogen) atoms. The van der Waals surface area contributed by atoms with Crippen molar-refractivity contribution in [3.05, 3.63) is 27.4 Å². The minimum atomic E-state index is -1.96. The van der Waals surface area contributed by atoms with Gasteiger partial charge in [0.1, 0.15) is 11.9 Å². The van der Waals surface area contributed by atoms with Crippen LogP contribution in [0.3, 0.4) is 0 Å². The van der Waals surface area contributed by atoms with E-state index in [0.29, 0.717) is 25.1 Å². The minimum Gasteiger partial charge on any atom is -0.335 e. The van der Waals surface area contributed by atoms with Crippen LogP contribution in [0.25, 0.3) is 0 Å². The van der Waals surface area contributed by atoms with E-state index in [1.807, 2.05) is 0 Å². The molecule has 4 heterocycles. The minimum absolute atomic E-state index is 0.134. The summed E-state index contributed by atoms with van der Waals surface area (Å²) in [5.74, 6) is -0.147. The average Bonchev–Trinajstić information content (AvgIpc) is 3.13. The molecule has 152 valence electrons. The first-order chi connectivity index (χ1) is 13.3. The van der Waals surface area contributed by atoms with E-state index in [9.17, 15) is 22.8 Å². The van der Waals surface area contributed by atoms with Crippen LogP contribution in [0.15, 0.2) is 20.9 Å². The first-order valence-electron chi connectivity index (χ1n) is 9.10. The second kappa shape index (κ2) is 7.06. The molecule has 1 fully saturated rings. The first kappa shape index (κ1) is 19.2. The third-order valence-corrected chi connectivity index (χ3v) is 5.49. The maximum Gasteiger partial charge on any atom is 0.346 e. The van der Waals surface area contributed by atoms with E-state index in [0.717, 1.165) is 9.58 Å². The van der Waals surface area contributed by atoms with Gasteiger partial charge in [0, 0.05) is 12.6 Å². The zero-order chi connectivity index (χ0) is 20.1. The monoisotopic (exact) mass is 417 g/mol. The van der Waals surface area contributed by atoms with Crippen molar-refractivity contribution in [3.63, 3.8) is 0 Å². The van der Waals surface area contributed by atoms with Gasteiger partial charge in [-0.3, -0.25) is 14.4 Å². The zero-order valence-corrected chi connectivity index (χ0v) is 15.7. The van der Waals surface area contributed by atoms with Gasteiger partial charge in [0.2, 0.25) is 5.91 Å². The number of aryl methyl sites for hydroxylation is 1. The standard InChI is InChI=1S/C17H19ClF3N5O2/c18-10-4-17(21,8-22-5-10)9-25-16(28)26-13(2-1-3-14(26)23-25)15(27)24-6-11(19)12(20)7-24/h4-5,11-13H,1-3,6-9H2/t11-,12-,13-,17?/m0/s1. The maximum atomic E-state index is 15.0. The van der Waals surface area contributed by atoms with Crippen LogP contribution in [0.5, 0.6) is 0 Å². The number of carbonyl (C=O) groups excluding carboxylic acids is 1. The number of carbonyl (C=O) groups is 1. The molecule has 4 rings (SSSR count). The molecule has 3 aliphatic rings. The molecule has 1 amide bonds. The van der Waals surface area contributed by atoms with E-state index in [2.05, 4.69) is 10.1 Å². The molecule has 4 atom stereocenters. The molecule has 1 aromatic heterocycles. The number of hydrogen-bond donors (Lipinski definition) is 0. The van der Waals surface area contributed by atoms with Crippen LogP contribution in [0.2, 0.25) is 0 Å². The largest absolute Gasteiger partial charge is 0.346 e. The molecule has 0 aromatic carbocycles. The van der Waals surface area contributed by atoms with Crippen molar-refractivity contribution in [1.82, 2.24) is 19.2 Å². The molecular formula is C17H19ClF3N5O2. The van der Waals surface area contributed by atoms with Gasteiger partial charge in [-0.15, -0.1) is 0 Å². The highest BCUT2D eigenvalue weighted by atomic mass is 35.5. The normalized spacial score (nSPS) is 32.4. The summed E-state index contributed by atoms with van der Waals surface area (Å²) in [4.78, 5) is 30.6. The van der Waals surface area contributed by atoms with E-state index in [4.69, 9.17) is 11.6 Å². The lowest BCUT2D eigenvalue weighted by atomic mass is 10.0. The summed E-state index contributed by atoms with van der Waals surface area (Å²) >= 11 is 5.82. The Hall–Kier alpha value is -2.10. The summed E-state index contributed by atoms with van der Waals surface area (Å²) in [5, 5.41) is 4.32. The zero-order valence-electron chi connectivity index (χ0n) is 14.9. The molecule has 0 N–H and O–H groups in total. The smallest absolute Gasteiger partial charge is 0.335 e. The van der Waals surface area contributed by atoms with Gasteiger partial charge < -0.3 is 4.90 Å². The Morgan fingerprint density at radius 3 is 2.71 bits per heavy atom. The number of dihydropyridines is 1. The topological polar surface area (TPSA) is 72.5 Å². The highest BCUT2D eigenvalue weighted by Crippen LogP contribution is 2.28. The molecule has 0 saturated carbocycles. The van der Waals surface area contributed by atoms with Gasteiger partial charge in [-0.05, 0) is 18.9 Å². The number of aromatic nitrogens is 3. The summed E-state index contributed by atoms with van der Waals surface area (Å²) < 4.78 is 44.2. The van der Waals surface area contributed by atoms with E-state index < -0.39 is 35.7 Å². The highest BCUT2D eigenvalue weighted by molar-refractivity contribution is 6.39. The number of alkyl halides is 3. The van der Waals surface area contributed by atoms with Gasteiger partial charge in [-0.1, -0.05) is 11.6 Å². The van der Waals surface area contributed by atoms with Gasteiger partial charge in [0.05, 0.1) is 31.2 Å². The molecule has 11 heteroatoms. The molecule has 0 radical (unpaired) electrons. The van der Waals surface area contributed by atoms with Gasteiger partial charge in [-0.25, -0.2) is 22.6 Å². The molecule has 3 aliphatic heterocycles. The number of likely N-dealkylation sites (tertiary alicyclic amines) is 1. The number of hydrogen-bond acceptors (Lipinski definition) is 4. The number of rotatable bonds is 3. The number of aliphatic imine (C=N–C) groups is 1. The fraction of sp³-hybridized carbons (Fsp3) is 0.647. The first-order valence-corrected chi connectivity index (χ1v) is 9.47. The van der Waals surface area contributed by atoms with Crippen molar-refractivity contribution < 1.29 is 18.0 Å². The summed E-state index contributed by atoms with van der Waals surface area (Å²) in [7, 11) is 0. The van der Waals surface area contributed by atoms with Crippen LogP contribution < -0.4 is 5.69 Å². The summed E-state index contributed by atoms with van der Waals surface area (Å²) in [6, 6.07) is -0.887. The van der Waals surface area contributed by atoms with Crippen LogP contribution >= 0.6 is 11.6 Å². The second-order valence-corrected chi connectivity index (χ2v) is 7.88. The predicted molar refractivity (Wildman–Crippen MR) is 96.0 cm³/mol. The molecule has 1 aromatic rings. The maximum absolute atomic E-state index is 15.0. The van der Waals surface area contributed by atoms with E-state index >= 15 is 0 Å². The van der Waals surface area contributed by atoms with Crippen LogP contribution in [-0.2, 0) is 17.8 Å². The van der Waals surface area contributed by atoms with Crippen molar-refractivity contribution in [3.8, 4) is 0 Å². The highest BCUT2D eigenvalue weighted by Gasteiger charge is 2.41.